The number of anilines is 1. The average molecular weight is 397 g/mol. The van der Waals surface area contributed by atoms with E-state index < -0.39 is 0 Å². The zero-order valence-corrected chi connectivity index (χ0v) is 16.5. The van der Waals surface area contributed by atoms with Gasteiger partial charge in [-0.25, -0.2) is 0 Å². The van der Waals surface area contributed by atoms with Crippen molar-refractivity contribution in [2.45, 2.75) is 39.2 Å². The van der Waals surface area contributed by atoms with Crippen molar-refractivity contribution in [3.05, 3.63) is 46.2 Å². The van der Waals surface area contributed by atoms with Crippen LogP contribution in [0, 0.1) is 0 Å². The molecule has 140 valence electrons. The van der Waals surface area contributed by atoms with Crippen LogP contribution in [-0.2, 0) is 0 Å². The topological polar surface area (TPSA) is 60.5 Å². The van der Waals surface area contributed by atoms with Crippen molar-refractivity contribution in [3.63, 3.8) is 0 Å². The normalized spacial score (nSPS) is 11.7. The number of amides is 1. The Morgan fingerprint density at radius 3 is 2.46 bits per heavy atom. The van der Waals surface area contributed by atoms with E-state index in [2.05, 4.69) is 24.1 Å². The highest BCUT2D eigenvalue weighted by Crippen LogP contribution is 2.32. The Kier molecular flexibility index (Phi) is 7.54. The van der Waals surface area contributed by atoms with E-state index in [1.54, 1.807) is 25.3 Å². The molecule has 0 saturated carbocycles. The number of nitrogens with one attached hydrogen (secondary N) is 1. The minimum Gasteiger partial charge on any atom is -0.493 e. The van der Waals surface area contributed by atoms with E-state index in [0.717, 1.165) is 19.3 Å². The first-order valence-corrected chi connectivity index (χ1v) is 9.20. The first-order valence-electron chi connectivity index (χ1n) is 8.45. The zero-order chi connectivity index (χ0) is 19.1. The van der Waals surface area contributed by atoms with Gasteiger partial charge in [0.15, 0.2) is 11.5 Å². The van der Waals surface area contributed by atoms with Gasteiger partial charge < -0.3 is 14.8 Å². The largest absolute Gasteiger partial charge is 0.493 e. The molecule has 1 amide bonds. The van der Waals surface area contributed by atoms with Crippen molar-refractivity contribution in [1.29, 1.82) is 0 Å². The molecule has 0 aliphatic heterocycles. The smallest absolute Gasteiger partial charge is 0.255 e. The van der Waals surface area contributed by atoms with Gasteiger partial charge in [-0.1, -0.05) is 43.5 Å². The number of hydrogen-bond donors (Lipinski definition) is 1. The number of nitrogens with zero attached hydrogens (tertiary/aromatic N) is 1. The molecule has 0 aliphatic rings. The molecule has 0 bridgehead atoms. The predicted molar refractivity (Wildman–Crippen MR) is 105 cm³/mol. The van der Waals surface area contributed by atoms with Gasteiger partial charge >= 0.3 is 0 Å². The zero-order valence-electron chi connectivity index (χ0n) is 15.0. The monoisotopic (exact) mass is 396 g/mol. The van der Waals surface area contributed by atoms with Gasteiger partial charge in [-0.05, 0) is 31.0 Å². The lowest BCUT2D eigenvalue weighted by atomic mass is 10.1. The van der Waals surface area contributed by atoms with E-state index in [-0.39, 0.29) is 22.1 Å². The molecule has 7 heteroatoms. The Balaban J connectivity index is 2.26. The summed E-state index contributed by atoms with van der Waals surface area (Å²) in [6.45, 7) is 4.17. The lowest BCUT2D eigenvalue weighted by molar-refractivity contribution is 0.102. The van der Waals surface area contributed by atoms with Gasteiger partial charge in [-0.3, -0.25) is 9.78 Å². The van der Waals surface area contributed by atoms with Crippen molar-refractivity contribution in [1.82, 2.24) is 4.98 Å². The van der Waals surface area contributed by atoms with Gasteiger partial charge in [0.2, 0.25) is 0 Å². The maximum Gasteiger partial charge on any atom is 0.255 e. The fourth-order valence-electron chi connectivity index (χ4n) is 2.47. The highest BCUT2D eigenvalue weighted by molar-refractivity contribution is 6.39. The van der Waals surface area contributed by atoms with E-state index in [4.69, 9.17) is 32.7 Å². The van der Waals surface area contributed by atoms with Crippen LogP contribution in [0.5, 0.6) is 11.5 Å². The van der Waals surface area contributed by atoms with E-state index in [9.17, 15) is 4.79 Å². The van der Waals surface area contributed by atoms with E-state index in [1.165, 1.54) is 12.4 Å². The molecule has 2 aromatic rings. The van der Waals surface area contributed by atoms with Crippen molar-refractivity contribution in [2.24, 2.45) is 0 Å². The lowest BCUT2D eigenvalue weighted by Crippen LogP contribution is -2.17. The minimum atomic E-state index is -0.351. The highest BCUT2D eigenvalue weighted by Gasteiger charge is 2.16. The van der Waals surface area contributed by atoms with Crippen LogP contribution in [0.15, 0.2) is 30.6 Å². The number of halogens is 2. The second kappa shape index (κ2) is 9.64. The number of ether oxygens (including phenoxy) is 2. The molecular formula is C19H22Cl2N2O3. The lowest BCUT2D eigenvalue weighted by Gasteiger charge is -2.19. The third kappa shape index (κ3) is 5.02. The van der Waals surface area contributed by atoms with Crippen LogP contribution in [0.25, 0.3) is 0 Å². The van der Waals surface area contributed by atoms with Crippen molar-refractivity contribution in [3.8, 4) is 11.5 Å². The van der Waals surface area contributed by atoms with Crippen LogP contribution in [0.4, 0.5) is 5.69 Å². The summed E-state index contributed by atoms with van der Waals surface area (Å²) in [5.74, 6) is 0.763. The molecule has 5 nitrogen and oxygen atoms in total. The van der Waals surface area contributed by atoms with Crippen LogP contribution in [0.3, 0.4) is 0 Å². The number of benzene rings is 1. The number of pyridine rings is 1. The predicted octanol–water partition coefficient (Wildman–Crippen LogP) is 5.61. The molecule has 1 atom stereocenters. The number of aromatic nitrogens is 1. The molecule has 0 radical (unpaired) electrons. The Hall–Kier alpha value is -1.98. The maximum absolute atomic E-state index is 12.6. The molecule has 0 saturated heterocycles. The summed E-state index contributed by atoms with van der Waals surface area (Å²) in [6.07, 6.45) is 5.72. The summed E-state index contributed by atoms with van der Waals surface area (Å²) in [7, 11) is 1.57. The molecule has 1 heterocycles. The van der Waals surface area contributed by atoms with Gasteiger partial charge in [0.25, 0.3) is 5.91 Å². The first kappa shape index (κ1) is 20.3. The molecular weight excluding hydrogens is 375 g/mol. The van der Waals surface area contributed by atoms with Crippen LogP contribution in [0.2, 0.25) is 10.0 Å². The van der Waals surface area contributed by atoms with Crippen LogP contribution in [-0.4, -0.2) is 24.1 Å². The van der Waals surface area contributed by atoms with Gasteiger partial charge in [0.1, 0.15) is 0 Å². The molecule has 1 unspecified atom stereocenters. The second-order valence-electron chi connectivity index (χ2n) is 5.73. The Morgan fingerprint density at radius 1 is 1.19 bits per heavy atom. The van der Waals surface area contributed by atoms with Crippen LogP contribution >= 0.6 is 23.2 Å². The summed E-state index contributed by atoms with van der Waals surface area (Å²) >= 11 is 12.1. The molecule has 0 aliphatic carbocycles. The van der Waals surface area contributed by atoms with E-state index in [0.29, 0.717) is 22.7 Å². The molecule has 2 rings (SSSR count). The summed E-state index contributed by atoms with van der Waals surface area (Å²) in [5.41, 5.74) is 0.736. The Bertz CT molecular complexity index is 748. The number of carbonyl (C=O) groups excluding carboxylic acids is 1. The summed E-state index contributed by atoms with van der Waals surface area (Å²) in [6, 6.07) is 5.03. The molecule has 0 fully saturated rings. The molecule has 1 aromatic heterocycles. The fraction of sp³-hybridized carbons (Fsp3) is 0.368. The Morgan fingerprint density at radius 2 is 1.88 bits per heavy atom. The first-order chi connectivity index (χ1) is 12.5. The molecule has 26 heavy (non-hydrogen) atoms. The highest BCUT2D eigenvalue weighted by atomic mass is 35.5. The molecule has 1 aromatic carbocycles. The third-order valence-corrected chi connectivity index (χ3v) is 4.45. The van der Waals surface area contributed by atoms with Crippen LogP contribution in [0.1, 0.15) is 43.5 Å². The fourth-order valence-corrected chi connectivity index (χ4v) is 2.93. The van der Waals surface area contributed by atoms with Gasteiger partial charge in [-0.2, -0.15) is 0 Å². The van der Waals surface area contributed by atoms with Gasteiger partial charge in [-0.15, -0.1) is 0 Å². The number of carbonyl (C=O) groups is 1. The average Bonchev–Trinajstić information content (AvgIpc) is 2.64. The third-order valence-electron chi connectivity index (χ3n) is 3.88. The second-order valence-corrected chi connectivity index (χ2v) is 6.55. The van der Waals surface area contributed by atoms with E-state index in [1.807, 2.05) is 0 Å². The number of rotatable bonds is 8. The maximum atomic E-state index is 12.6. The summed E-state index contributed by atoms with van der Waals surface area (Å²) in [4.78, 5) is 16.5. The van der Waals surface area contributed by atoms with Crippen molar-refractivity contribution >= 4 is 34.8 Å². The summed E-state index contributed by atoms with van der Waals surface area (Å²) in [5, 5.41) is 3.25. The quantitative estimate of drug-likeness (QED) is 0.629. The van der Waals surface area contributed by atoms with Gasteiger partial charge in [0.05, 0.1) is 28.9 Å². The standard InChI is InChI=1S/C19H22Cl2N2O3/c1-4-6-13(5-2)26-17-9-12(7-8-16(17)25-3)19(24)23-18-14(20)10-22-11-15(18)21/h7-11,13H,4-6H2,1-3H3,(H,22,23,24). The van der Waals surface area contributed by atoms with E-state index >= 15 is 0 Å². The van der Waals surface area contributed by atoms with Crippen molar-refractivity contribution in [2.75, 3.05) is 12.4 Å². The Labute approximate surface area is 163 Å². The van der Waals surface area contributed by atoms with Crippen LogP contribution < -0.4 is 14.8 Å². The number of methoxy groups -OCH3 is 1. The minimum absolute atomic E-state index is 0.0660. The van der Waals surface area contributed by atoms with Crippen molar-refractivity contribution < 1.29 is 14.3 Å². The van der Waals surface area contributed by atoms with Gasteiger partial charge in [0, 0.05) is 18.0 Å². The molecule has 0 spiro atoms. The molecule has 1 N–H and O–H groups in total. The summed E-state index contributed by atoms with van der Waals surface area (Å²) < 4.78 is 11.4. The number of hydrogen-bond acceptors (Lipinski definition) is 4. The SMILES string of the molecule is CCCC(CC)Oc1cc(C(=O)Nc2c(Cl)cncc2Cl)ccc1OC.